The lowest BCUT2D eigenvalue weighted by molar-refractivity contribution is 0.175. The van der Waals surface area contributed by atoms with E-state index in [0.717, 1.165) is 31.5 Å². The highest BCUT2D eigenvalue weighted by Crippen LogP contribution is 2.22. The molecule has 20 heavy (non-hydrogen) atoms. The van der Waals surface area contributed by atoms with E-state index in [1.54, 1.807) is 0 Å². The molecule has 0 bridgehead atoms. The van der Waals surface area contributed by atoms with E-state index in [-0.39, 0.29) is 11.5 Å². The normalized spacial score (nSPS) is 12.8. The van der Waals surface area contributed by atoms with Gasteiger partial charge in [-0.1, -0.05) is 25.1 Å². The Hall–Kier alpha value is -1.53. The van der Waals surface area contributed by atoms with Crippen LogP contribution < -0.4 is 4.90 Å². The van der Waals surface area contributed by atoms with Gasteiger partial charge in [-0.15, -0.1) is 0 Å². The van der Waals surface area contributed by atoms with Gasteiger partial charge < -0.3 is 10.0 Å². The summed E-state index contributed by atoms with van der Waals surface area (Å²) in [6, 6.07) is 12.5. The number of aliphatic hydroxyl groups excluding tert-OH is 1. The zero-order valence-corrected chi connectivity index (χ0v) is 12.8. The average molecular weight is 274 g/mol. The minimum Gasteiger partial charge on any atom is -0.391 e. The Bertz CT molecular complexity index is 422. The smallest absolute Gasteiger partial charge is 0.0712 e. The van der Waals surface area contributed by atoms with Crippen molar-refractivity contribution in [2.45, 2.75) is 46.1 Å². The van der Waals surface area contributed by atoms with Crippen LogP contribution in [0, 0.1) is 16.7 Å². The first kappa shape index (κ1) is 16.5. The number of rotatable bonds is 8. The number of benzene rings is 1. The maximum Gasteiger partial charge on any atom is 0.0712 e. The second-order valence-corrected chi connectivity index (χ2v) is 5.94. The number of anilines is 1. The van der Waals surface area contributed by atoms with E-state index in [9.17, 15) is 5.11 Å². The summed E-state index contributed by atoms with van der Waals surface area (Å²) in [7, 11) is 0. The minimum absolute atomic E-state index is 0.272. The molecule has 1 rings (SSSR count). The molecule has 1 unspecified atom stereocenters. The van der Waals surface area contributed by atoms with E-state index in [1.807, 2.05) is 39.0 Å². The van der Waals surface area contributed by atoms with E-state index in [2.05, 4.69) is 23.1 Å². The molecule has 3 nitrogen and oxygen atoms in total. The summed E-state index contributed by atoms with van der Waals surface area (Å²) in [6.45, 7) is 7.45. The summed E-state index contributed by atoms with van der Waals surface area (Å²) in [4.78, 5) is 2.21. The van der Waals surface area contributed by atoms with E-state index in [0.29, 0.717) is 6.54 Å². The fraction of sp³-hybridized carbons (Fsp3) is 0.588. The standard InChI is InChI=1S/C17H26N2O/c1-4-16(20)13-19(15-9-6-5-7-10-15)12-8-11-17(2,3)14-18/h5-7,9-10,16,20H,4,8,11-13H2,1-3H3. The maximum absolute atomic E-state index is 9.90. The minimum atomic E-state index is -0.306. The highest BCUT2D eigenvalue weighted by molar-refractivity contribution is 5.46. The molecule has 1 atom stereocenters. The topological polar surface area (TPSA) is 47.3 Å². The second-order valence-electron chi connectivity index (χ2n) is 5.94. The molecule has 1 aromatic carbocycles. The van der Waals surface area contributed by atoms with Crippen molar-refractivity contribution in [3.63, 3.8) is 0 Å². The highest BCUT2D eigenvalue weighted by Gasteiger charge is 2.17. The van der Waals surface area contributed by atoms with Gasteiger partial charge in [0, 0.05) is 18.8 Å². The summed E-state index contributed by atoms with van der Waals surface area (Å²) < 4.78 is 0. The van der Waals surface area contributed by atoms with Crippen LogP contribution in [0.25, 0.3) is 0 Å². The number of aliphatic hydroxyl groups is 1. The number of para-hydroxylation sites is 1. The number of hydrogen-bond acceptors (Lipinski definition) is 3. The highest BCUT2D eigenvalue weighted by atomic mass is 16.3. The van der Waals surface area contributed by atoms with Gasteiger partial charge in [-0.2, -0.15) is 5.26 Å². The Kier molecular flexibility index (Phi) is 6.54. The van der Waals surface area contributed by atoms with Gasteiger partial charge in [0.25, 0.3) is 0 Å². The summed E-state index contributed by atoms with van der Waals surface area (Å²) in [6.07, 6.45) is 2.27. The van der Waals surface area contributed by atoms with Crippen LogP contribution in [0.3, 0.4) is 0 Å². The van der Waals surface area contributed by atoms with Gasteiger partial charge in [0.1, 0.15) is 0 Å². The van der Waals surface area contributed by atoms with E-state index < -0.39 is 0 Å². The number of nitrogens with zero attached hydrogens (tertiary/aromatic N) is 2. The molecule has 0 aliphatic rings. The third-order valence-corrected chi connectivity index (χ3v) is 3.56. The zero-order chi connectivity index (χ0) is 15.0. The van der Waals surface area contributed by atoms with E-state index in [1.165, 1.54) is 0 Å². The molecule has 0 aliphatic carbocycles. The third kappa shape index (κ3) is 5.63. The number of nitriles is 1. The van der Waals surface area contributed by atoms with Crippen LogP contribution in [0.15, 0.2) is 30.3 Å². The van der Waals surface area contributed by atoms with Crippen LogP contribution in [0.1, 0.15) is 40.0 Å². The fourth-order valence-electron chi connectivity index (χ4n) is 2.12. The Morgan fingerprint density at radius 3 is 2.50 bits per heavy atom. The zero-order valence-electron chi connectivity index (χ0n) is 12.8. The van der Waals surface area contributed by atoms with Crippen molar-refractivity contribution in [1.82, 2.24) is 0 Å². The molecule has 3 heteroatoms. The van der Waals surface area contributed by atoms with Crippen LogP contribution in [0.4, 0.5) is 5.69 Å². The summed E-state index contributed by atoms with van der Waals surface area (Å²) in [5.41, 5.74) is 0.862. The first-order valence-corrected chi connectivity index (χ1v) is 7.38. The molecule has 0 aromatic heterocycles. The van der Waals surface area contributed by atoms with Crippen molar-refractivity contribution in [2.75, 3.05) is 18.0 Å². The summed E-state index contributed by atoms with van der Waals surface area (Å²) in [5, 5.41) is 19.0. The van der Waals surface area contributed by atoms with Crippen LogP contribution >= 0.6 is 0 Å². The van der Waals surface area contributed by atoms with Crippen molar-refractivity contribution in [2.24, 2.45) is 5.41 Å². The van der Waals surface area contributed by atoms with Crippen molar-refractivity contribution in [3.8, 4) is 6.07 Å². The van der Waals surface area contributed by atoms with Gasteiger partial charge in [-0.05, 0) is 45.2 Å². The van der Waals surface area contributed by atoms with Crippen LogP contribution in [-0.4, -0.2) is 24.3 Å². The molecule has 0 aliphatic heterocycles. The van der Waals surface area contributed by atoms with Crippen molar-refractivity contribution >= 4 is 5.69 Å². The SMILES string of the molecule is CCC(O)CN(CCCC(C)(C)C#N)c1ccccc1. The lowest BCUT2D eigenvalue weighted by Gasteiger charge is -2.28. The quantitative estimate of drug-likeness (QED) is 0.788. The van der Waals surface area contributed by atoms with Crippen molar-refractivity contribution in [1.29, 1.82) is 5.26 Å². The van der Waals surface area contributed by atoms with Gasteiger partial charge in [-0.3, -0.25) is 0 Å². The summed E-state index contributed by atoms with van der Waals surface area (Å²) in [5.74, 6) is 0. The molecule has 0 radical (unpaired) electrons. The molecule has 0 saturated heterocycles. The molecule has 1 aromatic rings. The Morgan fingerprint density at radius 2 is 1.95 bits per heavy atom. The molecule has 1 N–H and O–H groups in total. The van der Waals surface area contributed by atoms with Gasteiger partial charge in [0.15, 0.2) is 0 Å². The largest absolute Gasteiger partial charge is 0.391 e. The second kappa shape index (κ2) is 7.91. The van der Waals surface area contributed by atoms with E-state index >= 15 is 0 Å². The lowest BCUT2D eigenvalue weighted by Crippen LogP contribution is -2.33. The van der Waals surface area contributed by atoms with Crippen molar-refractivity contribution < 1.29 is 5.11 Å². The molecule has 0 fully saturated rings. The van der Waals surface area contributed by atoms with Gasteiger partial charge in [0.2, 0.25) is 0 Å². The van der Waals surface area contributed by atoms with Crippen LogP contribution in [0.5, 0.6) is 0 Å². The van der Waals surface area contributed by atoms with E-state index in [4.69, 9.17) is 5.26 Å². The van der Waals surface area contributed by atoms with Crippen LogP contribution in [0.2, 0.25) is 0 Å². The molecule has 0 amide bonds. The third-order valence-electron chi connectivity index (χ3n) is 3.56. The Morgan fingerprint density at radius 1 is 1.30 bits per heavy atom. The lowest BCUT2D eigenvalue weighted by atomic mass is 9.90. The predicted octanol–water partition coefficient (Wildman–Crippen LogP) is 3.59. The van der Waals surface area contributed by atoms with Crippen LogP contribution in [-0.2, 0) is 0 Å². The molecule has 0 saturated carbocycles. The number of hydrogen-bond donors (Lipinski definition) is 1. The van der Waals surface area contributed by atoms with Gasteiger partial charge in [0.05, 0.1) is 17.6 Å². The Balaban J connectivity index is 2.63. The Labute approximate surface area is 122 Å². The van der Waals surface area contributed by atoms with Crippen molar-refractivity contribution in [3.05, 3.63) is 30.3 Å². The predicted molar refractivity (Wildman–Crippen MR) is 83.6 cm³/mol. The summed E-state index contributed by atoms with van der Waals surface area (Å²) >= 11 is 0. The molecule has 0 spiro atoms. The molecular weight excluding hydrogens is 248 g/mol. The van der Waals surface area contributed by atoms with Gasteiger partial charge >= 0.3 is 0 Å². The first-order chi connectivity index (χ1) is 9.48. The maximum atomic E-state index is 9.90. The fourth-order valence-corrected chi connectivity index (χ4v) is 2.12. The average Bonchev–Trinajstić information content (AvgIpc) is 2.46. The molecule has 110 valence electrons. The monoisotopic (exact) mass is 274 g/mol. The molecule has 0 heterocycles. The molecular formula is C17H26N2O. The van der Waals surface area contributed by atoms with Gasteiger partial charge in [-0.25, -0.2) is 0 Å². The first-order valence-electron chi connectivity index (χ1n) is 7.38.